The van der Waals surface area contributed by atoms with Crippen LogP contribution in [0.1, 0.15) is 6.92 Å². The van der Waals surface area contributed by atoms with Crippen LogP contribution in [0, 0.1) is 0 Å². The molecule has 0 unspecified atom stereocenters. The number of aromatic hydroxyl groups is 2. The summed E-state index contributed by atoms with van der Waals surface area (Å²) < 4.78 is 74.1. The third kappa shape index (κ3) is 7.85. The van der Waals surface area contributed by atoms with Gasteiger partial charge >= 0.3 is 29.6 Å². The summed E-state index contributed by atoms with van der Waals surface area (Å²) in [6.45, 7) is 1.99. The van der Waals surface area contributed by atoms with Crippen LogP contribution < -0.4 is 45.8 Å². The largest absolute Gasteiger partial charge is 1.00 e. The Morgan fingerprint density at radius 2 is 1.10 bits per heavy atom. The summed E-state index contributed by atoms with van der Waals surface area (Å²) in [6.07, 6.45) is 0. The fourth-order valence-electron chi connectivity index (χ4n) is 5.28. The molecule has 6 rings (SSSR count). The molecule has 0 heterocycles. The molecule has 0 spiro atoms. The average molecular weight is 752 g/mol. The number of nitrogen functional groups attached to an aromatic ring is 2. The normalized spacial score (nSPS) is 12.1. The van der Waals surface area contributed by atoms with E-state index >= 15 is 0 Å². The Morgan fingerprint density at radius 3 is 1.58 bits per heavy atom. The minimum atomic E-state index is -4.82. The zero-order valence-electron chi connectivity index (χ0n) is 27.5. The number of hydrogen-bond donors (Lipinski definition) is 6. The summed E-state index contributed by atoms with van der Waals surface area (Å²) in [5, 5.41) is 38.9. The van der Waals surface area contributed by atoms with Crippen molar-refractivity contribution < 1.29 is 70.4 Å². The number of phenolic OH excluding ortho intramolecular Hbond substituents is 2. The Labute approximate surface area is 319 Å². The molecule has 0 saturated heterocycles. The first kappa shape index (κ1) is 38.1. The summed E-state index contributed by atoms with van der Waals surface area (Å²) in [4.78, 5) is -1.28. The fraction of sp³-hybridized carbons (Fsp3) is 0.0588. The van der Waals surface area contributed by atoms with Crippen LogP contribution in [0.3, 0.4) is 0 Å². The van der Waals surface area contributed by atoms with E-state index in [0.717, 1.165) is 12.1 Å². The van der Waals surface area contributed by atoms with Gasteiger partial charge in [0.2, 0.25) is 0 Å². The van der Waals surface area contributed by atoms with Crippen molar-refractivity contribution in [1.82, 2.24) is 0 Å². The second-order valence-corrected chi connectivity index (χ2v) is 13.9. The fourth-order valence-corrected chi connectivity index (χ4v) is 6.60. The van der Waals surface area contributed by atoms with E-state index in [-0.39, 0.29) is 64.1 Å². The van der Waals surface area contributed by atoms with Gasteiger partial charge in [0, 0.05) is 22.1 Å². The van der Waals surface area contributed by atoms with Crippen LogP contribution in [0.15, 0.2) is 121 Å². The van der Waals surface area contributed by atoms with Gasteiger partial charge in [0.15, 0.2) is 11.5 Å². The predicted molar refractivity (Wildman–Crippen MR) is 191 cm³/mol. The Bertz CT molecular complexity index is 2650. The van der Waals surface area contributed by atoms with Gasteiger partial charge in [-0.25, -0.2) is 0 Å². The van der Waals surface area contributed by atoms with Gasteiger partial charge in [0.05, 0.1) is 12.3 Å². The minimum absolute atomic E-state index is 0. The van der Waals surface area contributed by atoms with Crippen molar-refractivity contribution >= 4 is 75.9 Å². The van der Waals surface area contributed by atoms with Crippen LogP contribution in [0.5, 0.6) is 17.2 Å². The molecule has 0 bridgehead atoms. The molecule has 0 atom stereocenters. The number of fused-ring (bicyclic) bond motifs is 2. The number of nitrogens with zero attached hydrogens (tertiary/aromatic N) is 4. The molecule has 15 nitrogen and oxygen atoms in total. The summed E-state index contributed by atoms with van der Waals surface area (Å²) in [5.74, 6) is -0.799. The van der Waals surface area contributed by atoms with Crippen LogP contribution in [0.2, 0.25) is 0 Å². The van der Waals surface area contributed by atoms with Gasteiger partial charge in [-0.3, -0.25) is 9.11 Å². The number of anilines is 2. The summed E-state index contributed by atoms with van der Waals surface area (Å²) in [6, 6.07) is 22.7. The maximum atomic E-state index is 12.2. The Balaban J connectivity index is 0.00000523. The second-order valence-electron chi connectivity index (χ2n) is 11.1. The Hall–Kier alpha value is -5.14. The summed E-state index contributed by atoms with van der Waals surface area (Å²) >= 11 is 0. The molecule has 0 saturated carbocycles. The molecule has 0 aliphatic heterocycles. The molecule has 0 amide bonds. The van der Waals surface area contributed by atoms with E-state index in [9.17, 15) is 36.2 Å². The molecule has 8 N–H and O–H groups in total. The van der Waals surface area contributed by atoms with Gasteiger partial charge in [-0.1, -0.05) is 30.3 Å². The number of rotatable bonds is 9. The molecule has 6 aromatic carbocycles. The Kier molecular flexibility index (Phi) is 10.9. The van der Waals surface area contributed by atoms with E-state index in [1.165, 1.54) is 36.4 Å². The standard InChI is InChI=1S/C34H28N6O9S2.Na/c1-2-49-28-13-19(7-12-27(28)38-40-32-30(51(46,47)48)15-21-4-9-23(36)17-26(21)34(32)42)18-5-10-24(11-6-18)37-39-31-29(50(43,44)45)14-20-3-8-22(35)16-25(20)33(31)41;/h3-17,41-42H,2,35-36H2,1H3,(H,43,44,45)(H,46,47,48);/q;+1. The molecule has 6 aromatic rings. The summed E-state index contributed by atoms with van der Waals surface area (Å²) in [7, 11) is -9.60. The quantitative estimate of drug-likeness (QED) is 0.0498. The Morgan fingerprint density at radius 1 is 0.615 bits per heavy atom. The van der Waals surface area contributed by atoms with Gasteiger partial charge in [0.25, 0.3) is 20.2 Å². The van der Waals surface area contributed by atoms with Crippen molar-refractivity contribution in [3.63, 3.8) is 0 Å². The number of ether oxygens (including phenoxy) is 1. The third-order valence-electron chi connectivity index (χ3n) is 7.69. The monoisotopic (exact) mass is 751 g/mol. The van der Waals surface area contributed by atoms with Crippen LogP contribution in [0.4, 0.5) is 34.1 Å². The molecule has 260 valence electrons. The SMILES string of the molecule is CCOc1cc(-c2ccc(N=Nc3c(S(=O)(=O)O)cc4ccc(N)cc4c3O)cc2)ccc1N=Nc1c(S(=O)(=O)O)cc2ccc(N)cc2c1O.[Na+]. The first-order valence-electron chi connectivity index (χ1n) is 14.9. The number of phenols is 2. The van der Waals surface area contributed by atoms with Crippen molar-refractivity contribution in [2.45, 2.75) is 16.7 Å². The zero-order chi connectivity index (χ0) is 36.7. The van der Waals surface area contributed by atoms with E-state index in [0.29, 0.717) is 33.3 Å². The van der Waals surface area contributed by atoms with E-state index in [1.807, 2.05) is 0 Å². The topological polar surface area (TPSA) is 260 Å². The third-order valence-corrected chi connectivity index (χ3v) is 9.43. The van der Waals surface area contributed by atoms with Crippen LogP contribution in [-0.2, 0) is 20.2 Å². The molecule has 18 heteroatoms. The molecule has 0 aliphatic carbocycles. The van der Waals surface area contributed by atoms with Gasteiger partial charge in [-0.2, -0.15) is 21.9 Å². The van der Waals surface area contributed by atoms with E-state index in [4.69, 9.17) is 16.2 Å². The number of benzene rings is 6. The molecular weight excluding hydrogens is 724 g/mol. The first-order chi connectivity index (χ1) is 24.1. The zero-order valence-corrected chi connectivity index (χ0v) is 31.1. The maximum absolute atomic E-state index is 12.2. The van der Waals surface area contributed by atoms with E-state index in [2.05, 4.69) is 20.5 Å². The minimum Gasteiger partial charge on any atom is -0.505 e. The molecular formula is C34H28N6NaO9S2+. The molecule has 0 aliphatic rings. The molecule has 52 heavy (non-hydrogen) atoms. The van der Waals surface area contributed by atoms with Crippen molar-refractivity contribution in [1.29, 1.82) is 0 Å². The number of hydrogen-bond acceptors (Lipinski definition) is 13. The van der Waals surface area contributed by atoms with Crippen molar-refractivity contribution in [3.8, 4) is 28.4 Å². The van der Waals surface area contributed by atoms with Gasteiger partial charge in [0.1, 0.15) is 32.6 Å². The number of azo groups is 2. The number of nitrogens with two attached hydrogens (primary N) is 2. The molecule has 0 aromatic heterocycles. The van der Waals surface area contributed by atoms with Crippen LogP contribution in [0.25, 0.3) is 32.7 Å². The predicted octanol–water partition coefficient (Wildman–Crippen LogP) is 4.96. The van der Waals surface area contributed by atoms with Crippen LogP contribution >= 0.6 is 0 Å². The first-order valence-corrected chi connectivity index (χ1v) is 17.8. The van der Waals surface area contributed by atoms with Crippen LogP contribution in [-0.4, -0.2) is 42.8 Å². The summed E-state index contributed by atoms with van der Waals surface area (Å²) in [5.41, 5.74) is 13.2. The maximum Gasteiger partial charge on any atom is 1.00 e. The van der Waals surface area contributed by atoms with Gasteiger partial charge in [-0.15, -0.1) is 15.3 Å². The molecule has 0 fully saturated rings. The van der Waals surface area contributed by atoms with Crippen molar-refractivity contribution in [3.05, 3.63) is 91.0 Å². The smallest absolute Gasteiger partial charge is 0.505 e. The van der Waals surface area contributed by atoms with E-state index < -0.39 is 52.9 Å². The van der Waals surface area contributed by atoms with Gasteiger partial charge < -0.3 is 26.4 Å². The molecule has 0 radical (unpaired) electrons. The van der Waals surface area contributed by atoms with Crippen molar-refractivity contribution in [2.75, 3.05) is 18.1 Å². The van der Waals surface area contributed by atoms with Gasteiger partial charge in [-0.05, 0) is 89.5 Å². The van der Waals surface area contributed by atoms with Crippen molar-refractivity contribution in [2.24, 2.45) is 20.5 Å². The average Bonchev–Trinajstić information content (AvgIpc) is 3.07. The van der Waals surface area contributed by atoms with E-state index in [1.54, 1.807) is 49.4 Å². The second kappa shape index (κ2) is 14.8.